The Kier molecular flexibility index (Phi) is 4.78. The van der Waals surface area contributed by atoms with Crippen molar-refractivity contribution in [3.05, 3.63) is 51.8 Å². The molecule has 6 nitrogen and oxygen atoms in total. The van der Waals surface area contributed by atoms with E-state index in [9.17, 15) is 4.79 Å². The minimum atomic E-state index is -0.242. The van der Waals surface area contributed by atoms with Crippen LogP contribution < -0.4 is 5.56 Å². The van der Waals surface area contributed by atoms with Crippen molar-refractivity contribution in [3.8, 4) is 0 Å². The Bertz CT molecular complexity index is 1170. The van der Waals surface area contributed by atoms with Crippen LogP contribution in [-0.4, -0.2) is 19.5 Å². The molecule has 7 heteroatoms. The smallest absolute Gasteiger partial charge is 0.294 e. The fourth-order valence-corrected chi connectivity index (χ4v) is 4.15. The standard InChI is InChI=1S/C20H22N4O2S/c1-4-5-10-24-13(3)12(2)21-20(24)27-11-16-22-17-14-8-6-7-9-15(14)26-18(17)19(25)23-16/h6-9H,4-5,10-11H2,1-3H3,(H,22,23,25). The van der Waals surface area contributed by atoms with Crippen molar-refractivity contribution in [2.45, 2.75) is 51.1 Å². The van der Waals surface area contributed by atoms with Crippen molar-refractivity contribution in [1.29, 1.82) is 0 Å². The number of rotatable bonds is 6. The third-order valence-corrected chi connectivity index (χ3v) is 5.76. The largest absolute Gasteiger partial charge is 0.449 e. The average molecular weight is 382 g/mol. The van der Waals surface area contributed by atoms with Gasteiger partial charge in [-0.05, 0) is 32.4 Å². The summed E-state index contributed by atoms with van der Waals surface area (Å²) >= 11 is 1.60. The number of furan rings is 1. The maximum atomic E-state index is 12.4. The van der Waals surface area contributed by atoms with Gasteiger partial charge in [0, 0.05) is 17.6 Å². The van der Waals surface area contributed by atoms with Crippen LogP contribution in [0.1, 0.15) is 37.0 Å². The van der Waals surface area contributed by atoms with Gasteiger partial charge in [-0.25, -0.2) is 9.97 Å². The number of aromatic nitrogens is 4. The second-order valence-electron chi connectivity index (χ2n) is 6.65. The van der Waals surface area contributed by atoms with E-state index in [1.165, 1.54) is 5.69 Å². The summed E-state index contributed by atoms with van der Waals surface area (Å²) in [7, 11) is 0. The molecule has 0 bridgehead atoms. The zero-order valence-electron chi connectivity index (χ0n) is 15.7. The number of para-hydroxylation sites is 1. The van der Waals surface area contributed by atoms with Gasteiger partial charge in [0.1, 0.15) is 16.9 Å². The van der Waals surface area contributed by atoms with Crippen molar-refractivity contribution in [3.63, 3.8) is 0 Å². The highest BCUT2D eigenvalue weighted by Crippen LogP contribution is 2.27. The van der Waals surface area contributed by atoms with E-state index < -0.39 is 0 Å². The van der Waals surface area contributed by atoms with Crippen LogP contribution in [-0.2, 0) is 12.3 Å². The van der Waals surface area contributed by atoms with Crippen LogP contribution in [0.4, 0.5) is 0 Å². The number of hydrogen-bond acceptors (Lipinski definition) is 5. The molecule has 0 atom stereocenters. The van der Waals surface area contributed by atoms with Crippen LogP contribution in [0.15, 0.2) is 38.6 Å². The first-order chi connectivity index (χ1) is 13.1. The van der Waals surface area contributed by atoms with Crippen LogP contribution in [0.2, 0.25) is 0 Å². The van der Waals surface area contributed by atoms with E-state index in [1.54, 1.807) is 11.8 Å². The molecule has 0 spiro atoms. The molecule has 3 aromatic heterocycles. The minimum absolute atomic E-state index is 0.242. The molecule has 0 unspecified atom stereocenters. The van der Waals surface area contributed by atoms with Gasteiger partial charge in [0.15, 0.2) is 5.16 Å². The Morgan fingerprint density at radius 3 is 2.85 bits per heavy atom. The van der Waals surface area contributed by atoms with E-state index in [0.29, 0.717) is 22.7 Å². The summed E-state index contributed by atoms with van der Waals surface area (Å²) < 4.78 is 7.91. The van der Waals surface area contributed by atoms with E-state index >= 15 is 0 Å². The maximum absolute atomic E-state index is 12.4. The van der Waals surface area contributed by atoms with Crippen molar-refractivity contribution in [2.75, 3.05) is 0 Å². The SMILES string of the molecule is CCCCn1c(SCc2nc3c(oc4ccccc43)c(=O)[nH]2)nc(C)c1C. The quantitative estimate of drug-likeness (QED) is 0.494. The van der Waals surface area contributed by atoms with E-state index in [-0.39, 0.29) is 11.1 Å². The number of imidazole rings is 1. The first-order valence-electron chi connectivity index (χ1n) is 9.15. The molecule has 0 saturated heterocycles. The molecule has 27 heavy (non-hydrogen) atoms. The number of H-pyrrole nitrogens is 1. The lowest BCUT2D eigenvalue weighted by atomic mass is 10.2. The first kappa shape index (κ1) is 17.9. The molecule has 0 aliphatic heterocycles. The number of nitrogens with one attached hydrogen (secondary N) is 1. The number of thioether (sulfide) groups is 1. The van der Waals surface area contributed by atoms with Gasteiger partial charge in [-0.1, -0.05) is 37.2 Å². The van der Waals surface area contributed by atoms with Crippen molar-refractivity contribution in [1.82, 2.24) is 19.5 Å². The lowest BCUT2D eigenvalue weighted by Crippen LogP contribution is -2.10. The highest BCUT2D eigenvalue weighted by molar-refractivity contribution is 7.98. The van der Waals surface area contributed by atoms with Gasteiger partial charge in [0.25, 0.3) is 5.56 Å². The molecule has 0 aliphatic carbocycles. The number of benzene rings is 1. The predicted octanol–water partition coefficient (Wildman–Crippen LogP) is 4.58. The van der Waals surface area contributed by atoms with Gasteiger partial charge in [0.05, 0.1) is 11.4 Å². The number of aryl methyl sites for hydroxylation is 1. The molecular weight excluding hydrogens is 360 g/mol. The highest BCUT2D eigenvalue weighted by Gasteiger charge is 2.15. The third-order valence-electron chi connectivity index (χ3n) is 4.78. The zero-order chi connectivity index (χ0) is 19.0. The molecular formula is C20H22N4O2S. The molecule has 4 rings (SSSR count). The van der Waals surface area contributed by atoms with Crippen molar-refractivity contribution < 1.29 is 4.42 Å². The van der Waals surface area contributed by atoms with E-state index in [1.807, 2.05) is 31.2 Å². The van der Waals surface area contributed by atoms with Crippen LogP contribution in [0.5, 0.6) is 0 Å². The first-order valence-corrected chi connectivity index (χ1v) is 10.1. The predicted molar refractivity (Wildman–Crippen MR) is 108 cm³/mol. The van der Waals surface area contributed by atoms with E-state index in [0.717, 1.165) is 35.6 Å². The average Bonchev–Trinajstić information content (AvgIpc) is 3.17. The third kappa shape index (κ3) is 3.27. The van der Waals surface area contributed by atoms with Crippen molar-refractivity contribution in [2.24, 2.45) is 0 Å². The normalized spacial score (nSPS) is 11.7. The Morgan fingerprint density at radius 1 is 1.22 bits per heavy atom. The number of fused-ring (bicyclic) bond motifs is 3. The Balaban J connectivity index is 1.66. The number of hydrogen-bond donors (Lipinski definition) is 1. The van der Waals surface area contributed by atoms with Crippen LogP contribution in [0, 0.1) is 13.8 Å². The lowest BCUT2D eigenvalue weighted by molar-refractivity contribution is 0.575. The van der Waals surface area contributed by atoms with E-state index in [2.05, 4.69) is 28.4 Å². The fourth-order valence-electron chi connectivity index (χ4n) is 3.16. The minimum Gasteiger partial charge on any atom is -0.449 e. The summed E-state index contributed by atoms with van der Waals surface area (Å²) in [6, 6.07) is 7.58. The van der Waals surface area contributed by atoms with E-state index in [4.69, 9.17) is 9.40 Å². The van der Waals surface area contributed by atoms with Gasteiger partial charge in [0.2, 0.25) is 5.58 Å². The van der Waals surface area contributed by atoms with Crippen LogP contribution in [0.25, 0.3) is 22.1 Å². The Morgan fingerprint density at radius 2 is 2.04 bits per heavy atom. The maximum Gasteiger partial charge on any atom is 0.294 e. The summed E-state index contributed by atoms with van der Waals surface area (Å²) in [6.07, 6.45) is 2.26. The summed E-state index contributed by atoms with van der Waals surface area (Å²) in [5.41, 5.74) is 3.58. The second-order valence-corrected chi connectivity index (χ2v) is 7.59. The van der Waals surface area contributed by atoms with Gasteiger partial charge in [-0.3, -0.25) is 4.79 Å². The van der Waals surface area contributed by atoms with Gasteiger partial charge < -0.3 is 14.0 Å². The number of nitrogens with zero attached hydrogens (tertiary/aromatic N) is 3. The molecule has 0 fully saturated rings. The summed E-state index contributed by atoms with van der Waals surface area (Å²) in [4.78, 5) is 24.6. The fraction of sp³-hybridized carbons (Fsp3) is 0.350. The molecule has 0 radical (unpaired) electrons. The lowest BCUT2D eigenvalue weighted by Gasteiger charge is -2.08. The molecule has 3 heterocycles. The number of aromatic amines is 1. The topological polar surface area (TPSA) is 76.7 Å². The van der Waals surface area contributed by atoms with Gasteiger partial charge in [-0.15, -0.1) is 0 Å². The molecule has 0 aliphatic rings. The summed E-state index contributed by atoms with van der Waals surface area (Å²) in [6.45, 7) is 7.28. The second kappa shape index (κ2) is 7.23. The molecule has 0 saturated carbocycles. The van der Waals surface area contributed by atoms with Crippen LogP contribution in [0.3, 0.4) is 0 Å². The van der Waals surface area contributed by atoms with Gasteiger partial charge in [-0.2, -0.15) is 0 Å². The molecule has 1 aromatic carbocycles. The highest BCUT2D eigenvalue weighted by atomic mass is 32.2. The zero-order valence-corrected chi connectivity index (χ0v) is 16.5. The molecule has 140 valence electrons. The summed E-state index contributed by atoms with van der Waals surface area (Å²) in [5, 5.41) is 1.83. The van der Waals surface area contributed by atoms with Gasteiger partial charge >= 0.3 is 0 Å². The number of unbranched alkanes of at least 4 members (excludes halogenated alkanes) is 1. The van der Waals surface area contributed by atoms with Crippen molar-refractivity contribution >= 4 is 33.8 Å². The summed E-state index contributed by atoms with van der Waals surface area (Å²) in [5.74, 6) is 1.18. The molecule has 1 N–H and O–H groups in total. The Hall–Kier alpha value is -2.54. The monoisotopic (exact) mass is 382 g/mol. The Labute approximate surface area is 161 Å². The molecule has 0 amide bonds. The molecule has 4 aromatic rings. The van der Waals surface area contributed by atoms with Crippen LogP contribution >= 0.6 is 11.8 Å².